The maximum Gasteiger partial charge on any atom is 0.293 e. The predicted molar refractivity (Wildman–Crippen MR) is 124 cm³/mol. The summed E-state index contributed by atoms with van der Waals surface area (Å²) in [6.45, 7) is 15.8. The first-order valence-electron chi connectivity index (χ1n) is 10.5. The quantitative estimate of drug-likeness (QED) is 0.537. The second-order valence-corrected chi connectivity index (χ2v) is 9.66. The first kappa shape index (κ1) is 21.7. The smallest absolute Gasteiger partial charge is 0.293 e. The molecule has 2 amide bonds. The molecule has 1 fully saturated rings. The normalized spacial score (nSPS) is 20.9. The molecule has 0 aromatic heterocycles. The average molecular weight is 413 g/mol. The fourth-order valence-corrected chi connectivity index (χ4v) is 5.14. The molecular weight excluding hydrogens is 380 g/mol. The zero-order valence-electron chi connectivity index (χ0n) is 18.6. The second kappa shape index (κ2) is 8.02. The zero-order chi connectivity index (χ0) is 21.5. The van der Waals surface area contributed by atoms with E-state index in [1.54, 1.807) is 0 Å². The molecule has 0 saturated carbocycles. The highest BCUT2D eigenvalue weighted by atomic mass is 32.2. The number of amides is 2. The monoisotopic (exact) mass is 412 g/mol. The Kier molecular flexibility index (Phi) is 6.00. The summed E-state index contributed by atoms with van der Waals surface area (Å²) in [7, 11) is 0. The van der Waals surface area contributed by atoms with Crippen molar-refractivity contribution in [2.75, 3.05) is 11.4 Å². The van der Waals surface area contributed by atoms with Gasteiger partial charge in [0.1, 0.15) is 0 Å². The third-order valence-corrected chi connectivity index (χ3v) is 6.84. The lowest BCUT2D eigenvalue weighted by Gasteiger charge is -2.43. The molecule has 2 aliphatic rings. The highest BCUT2D eigenvalue weighted by molar-refractivity contribution is 8.18. The molecule has 1 aromatic rings. The van der Waals surface area contributed by atoms with Gasteiger partial charge in [0.2, 0.25) is 0 Å². The van der Waals surface area contributed by atoms with Crippen LogP contribution in [0.25, 0.3) is 11.6 Å². The standard InChI is InChI=1S/C24H32N2O2S/c1-8-10-25-20-11-15(3)18(12-19(20)16(4)14-24(25,6)7)13-21-22(27)26(17(5)9-2)23(28)29-21/h11-14,17H,8-10H2,1-7H3/b21-13-. The van der Waals surface area contributed by atoms with Crippen molar-refractivity contribution in [3.8, 4) is 0 Å². The topological polar surface area (TPSA) is 40.6 Å². The third-order valence-electron chi connectivity index (χ3n) is 5.95. The van der Waals surface area contributed by atoms with E-state index >= 15 is 0 Å². The number of nitrogens with zero attached hydrogens (tertiary/aromatic N) is 2. The van der Waals surface area contributed by atoms with Crippen LogP contribution in [0, 0.1) is 6.92 Å². The Balaban J connectivity index is 2.04. The molecule has 1 unspecified atom stereocenters. The van der Waals surface area contributed by atoms with E-state index in [1.807, 2.05) is 19.9 Å². The number of hydrogen-bond donors (Lipinski definition) is 0. The average Bonchev–Trinajstić information content (AvgIpc) is 2.92. The molecule has 1 atom stereocenters. The lowest BCUT2D eigenvalue weighted by atomic mass is 9.86. The molecule has 0 radical (unpaired) electrons. The molecule has 4 nitrogen and oxygen atoms in total. The summed E-state index contributed by atoms with van der Waals surface area (Å²) in [4.78, 5) is 29.5. The number of anilines is 1. The van der Waals surface area contributed by atoms with Gasteiger partial charge in [0.05, 0.1) is 10.4 Å². The first-order chi connectivity index (χ1) is 13.6. The molecule has 1 aromatic carbocycles. The van der Waals surface area contributed by atoms with E-state index in [-0.39, 0.29) is 22.7 Å². The van der Waals surface area contributed by atoms with Crippen molar-refractivity contribution in [1.29, 1.82) is 0 Å². The Hall–Kier alpha value is -2.01. The molecule has 5 heteroatoms. The van der Waals surface area contributed by atoms with E-state index < -0.39 is 0 Å². The maximum absolute atomic E-state index is 12.8. The van der Waals surface area contributed by atoms with E-state index in [0.29, 0.717) is 4.91 Å². The van der Waals surface area contributed by atoms with Gasteiger partial charge in [0.15, 0.2) is 0 Å². The number of rotatable bonds is 5. The number of hydrogen-bond acceptors (Lipinski definition) is 4. The van der Waals surface area contributed by atoms with Crippen molar-refractivity contribution in [3.63, 3.8) is 0 Å². The van der Waals surface area contributed by atoms with Gasteiger partial charge in [-0.3, -0.25) is 14.5 Å². The van der Waals surface area contributed by atoms with Gasteiger partial charge < -0.3 is 4.90 Å². The molecule has 0 N–H and O–H groups in total. The van der Waals surface area contributed by atoms with Crippen molar-refractivity contribution < 1.29 is 9.59 Å². The van der Waals surface area contributed by atoms with Crippen LogP contribution >= 0.6 is 11.8 Å². The molecule has 156 valence electrons. The van der Waals surface area contributed by atoms with Crippen LogP contribution in [0.15, 0.2) is 23.1 Å². The van der Waals surface area contributed by atoms with Gasteiger partial charge in [-0.25, -0.2) is 0 Å². The lowest BCUT2D eigenvalue weighted by Crippen LogP contribution is -2.45. The molecular formula is C24H32N2O2S. The molecule has 0 bridgehead atoms. The molecule has 2 heterocycles. The van der Waals surface area contributed by atoms with Crippen LogP contribution in [-0.4, -0.2) is 34.2 Å². The van der Waals surface area contributed by atoms with Crippen LogP contribution in [0.1, 0.15) is 71.1 Å². The van der Waals surface area contributed by atoms with Crippen LogP contribution in [0.2, 0.25) is 0 Å². The predicted octanol–water partition coefficient (Wildman–Crippen LogP) is 6.24. The van der Waals surface area contributed by atoms with E-state index in [4.69, 9.17) is 0 Å². The van der Waals surface area contributed by atoms with Crippen LogP contribution in [0.3, 0.4) is 0 Å². The minimum absolute atomic E-state index is 0.0278. The fraction of sp³-hybridized carbons (Fsp3) is 0.500. The summed E-state index contributed by atoms with van der Waals surface area (Å²) in [5.74, 6) is -0.174. The SMILES string of the molecule is CCCN1c2cc(C)c(/C=C3\SC(=O)N(C(C)CC)C3=O)cc2C(C)=CC1(C)C. The summed E-state index contributed by atoms with van der Waals surface area (Å²) in [6.07, 6.45) is 6.05. The number of fused-ring (bicyclic) bond motifs is 1. The van der Waals surface area contributed by atoms with Gasteiger partial charge in [-0.1, -0.05) is 19.9 Å². The van der Waals surface area contributed by atoms with Crippen molar-refractivity contribution in [1.82, 2.24) is 4.90 Å². The zero-order valence-corrected chi connectivity index (χ0v) is 19.4. The van der Waals surface area contributed by atoms with E-state index in [0.717, 1.165) is 42.3 Å². The summed E-state index contributed by atoms with van der Waals surface area (Å²) in [5, 5.41) is -0.168. The Labute approximate surface area is 179 Å². The van der Waals surface area contributed by atoms with Gasteiger partial charge in [0.25, 0.3) is 11.1 Å². The number of aryl methyl sites for hydroxylation is 1. The fourth-order valence-electron chi connectivity index (χ4n) is 4.22. The number of imide groups is 1. The van der Waals surface area contributed by atoms with Gasteiger partial charge in [0, 0.05) is 23.8 Å². The minimum atomic E-state index is -0.174. The Bertz CT molecular complexity index is 914. The Morgan fingerprint density at radius 3 is 2.48 bits per heavy atom. The van der Waals surface area contributed by atoms with Gasteiger partial charge in [-0.2, -0.15) is 0 Å². The summed E-state index contributed by atoms with van der Waals surface area (Å²) < 4.78 is 0. The van der Waals surface area contributed by atoms with E-state index in [9.17, 15) is 9.59 Å². The van der Waals surface area contributed by atoms with Crippen molar-refractivity contribution in [3.05, 3.63) is 39.8 Å². The van der Waals surface area contributed by atoms with Crippen LogP contribution in [0.5, 0.6) is 0 Å². The number of allylic oxidation sites excluding steroid dienone is 1. The highest BCUT2D eigenvalue weighted by Crippen LogP contribution is 2.41. The molecule has 1 saturated heterocycles. The molecule has 3 rings (SSSR count). The van der Waals surface area contributed by atoms with E-state index in [2.05, 4.69) is 57.7 Å². The summed E-state index contributed by atoms with van der Waals surface area (Å²) in [5.41, 5.74) is 5.79. The number of thioether (sulfide) groups is 1. The lowest BCUT2D eigenvalue weighted by molar-refractivity contribution is -0.124. The number of carbonyl (C=O) groups excluding carboxylic acids is 2. The van der Waals surface area contributed by atoms with Crippen molar-refractivity contribution >= 4 is 40.2 Å². The van der Waals surface area contributed by atoms with Crippen LogP contribution in [-0.2, 0) is 4.79 Å². The van der Waals surface area contributed by atoms with Crippen LogP contribution in [0.4, 0.5) is 10.5 Å². The molecule has 2 aliphatic heterocycles. The second-order valence-electron chi connectivity index (χ2n) is 8.67. The van der Waals surface area contributed by atoms with Gasteiger partial charge in [-0.15, -0.1) is 0 Å². The first-order valence-corrected chi connectivity index (χ1v) is 11.3. The minimum Gasteiger partial charge on any atom is -0.362 e. The van der Waals surface area contributed by atoms with Gasteiger partial charge >= 0.3 is 0 Å². The number of benzene rings is 1. The molecule has 0 aliphatic carbocycles. The number of carbonyl (C=O) groups is 2. The maximum atomic E-state index is 12.8. The molecule has 0 spiro atoms. The summed E-state index contributed by atoms with van der Waals surface area (Å²) in [6, 6.07) is 4.33. The van der Waals surface area contributed by atoms with Gasteiger partial charge in [-0.05, 0) is 94.1 Å². The van der Waals surface area contributed by atoms with Crippen molar-refractivity contribution in [2.24, 2.45) is 0 Å². The highest BCUT2D eigenvalue weighted by Gasteiger charge is 2.38. The Morgan fingerprint density at radius 2 is 1.86 bits per heavy atom. The van der Waals surface area contributed by atoms with Crippen molar-refractivity contribution in [2.45, 2.75) is 72.9 Å². The summed E-state index contributed by atoms with van der Waals surface area (Å²) >= 11 is 1.05. The Morgan fingerprint density at radius 1 is 1.17 bits per heavy atom. The van der Waals surface area contributed by atoms with E-state index in [1.165, 1.54) is 21.7 Å². The molecule has 29 heavy (non-hydrogen) atoms. The van der Waals surface area contributed by atoms with Crippen LogP contribution < -0.4 is 4.90 Å². The largest absolute Gasteiger partial charge is 0.362 e. The third kappa shape index (κ3) is 3.89.